The lowest BCUT2D eigenvalue weighted by Gasteiger charge is -2.31. The lowest BCUT2D eigenvalue weighted by Crippen LogP contribution is -2.36. The Morgan fingerprint density at radius 2 is 1.92 bits per heavy atom. The zero-order chi connectivity index (χ0) is 26.4. The van der Waals surface area contributed by atoms with Gasteiger partial charge >= 0.3 is 11.9 Å². The van der Waals surface area contributed by atoms with Crippen LogP contribution in [-0.2, 0) is 25.6 Å². The molecule has 0 radical (unpaired) electrons. The van der Waals surface area contributed by atoms with E-state index in [0.717, 1.165) is 17.7 Å². The van der Waals surface area contributed by atoms with Crippen LogP contribution in [0.15, 0.2) is 89.6 Å². The lowest BCUT2D eigenvalue weighted by molar-refractivity contribution is -0.143. The standard InChI is InChI=1S/C29H29N3O5/c1-19-25(28(34)36-3)27(23-7-4-8-24(33)16-23)26(20(2)31-19)29(35)37-15-5-6-21-9-11-22(12-10-21)17-32-14-13-30-18-32/h4-14,16,18,25,27,33H,15,17H2,1-3H3. The summed E-state index contributed by atoms with van der Waals surface area (Å²) in [5.74, 6) is -2.56. The number of imidazole rings is 1. The number of methoxy groups -OCH3 is 1. The van der Waals surface area contributed by atoms with Gasteiger partial charge in [0.1, 0.15) is 18.3 Å². The van der Waals surface area contributed by atoms with Crippen molar-refractivity contribution >= 4 is 23.7 Å². The molecule has 0 saturated heterocycles. The number of phenolic OH excluding ortho intramolecular Hbond substituents is 1. The molecule has 2 unspecified atom stereocenters. The Morgan fingerprint density at radius 1 is 1.14 bits per heavy atom. The van der Waals surface area contributed by atoms with E-state index in [1.807, 2.05) is 41.1 Å². The SMILES string of the molecule is COC(=O)C1C(C)=NC(C)=C(C(=O)OCC=Cc2ccc(Cn3ccnc3)cc2)C1c1cccc(O)c1. The number of nitrogens with zero attached hydrogens (tertiary/aromatic N) is 3. The van der Waals surface area contributed by atoms with Crippen LogP contribution in [0.5, 0.6) is 5.75 Å². The third-order valence-corrected chi connectivity index (χ3v) is 6.26. The Bertz CT molecular complexity index is 1350. The van der Waals surface area contributed by atoms with Gasteiger partial charge in [0.25, 0.3) is 0 Å². The Hall–Kier alpha value is -4.46. The number of allylic oxidation sites excluding steroid dienone is 1. The molecule has 1 aromatic heterocycles. The van der Waals surface area contributed by atoms with Gasteiger partial charge in [-0.1, -0.05) is 42.5 Å². The number of aliphatic imine (C=N–C) groups is 1. The molecule has 37 heavy (non-hydrogen) atoms. The van der Waals surface area contributed by atoms with E-state index in [1.165, 1.54) is 19.2 Å². The minimum Gasteiger partial charge on any atom is -0.508 e. The topological polar surface area (TPSA) is 103 Å². The average molecular weight is 500 g/mol. The first-order chi connectivity index (χ1) is 17.9. The highest BCUT2D eigenvalue weighted by Gasteiger charge is 2.42. The number of benzene rings is 2. The molecule has 0 amide bonds. The fraction of sp³-hybridized carbons (Fsp3) is 0.241. The molecule has 1 aliphatic rings. The second kappa shape index (κ2) is 11.5. The zero-order valence-electron chi connectivity index (χ0n) is 21.0. The van der Waals surface area contributed by atoms with Gasteiger partial charge in [-0.2, -0.15) is 0 Å². The van der Waals surface area contributed by atoms with Gasteiger partial charge in [-0.05, 0) is 48.7 Å². The number of phenols is 1. The molecule has 4 rings (SSSR count). The molecule has 0 aliphatic carbocycles. The summed E-state index contributed by atoms with van der Waals surface area (Å²) < 4.78 is 12.6. The summed E-state index contributed by atoms with van der Waals surface area (Å²) in [5, 5.41) is 10.1. The summed E-state index contributed by atoms with van der Waals surface area (Å²) in [4.78, 5) is 34.4. The third-order valence-electron chi connectivity index (χ3n) is 6.26. The molecular formula is C29H29N3O5. The normalized spacial score (nSPS) is 17.5. The molecule has 2 aromatic carbocycles. The second-order valence-electron chi connectivity index (χ2n) is 8.80. The van der Waals surface area contributed by atoms with Crippen molar-refractivity contribution < 1.29 is 24.2 Å². The van der Waals surface area contributed by atoms with Crippen LogP contribution in [-0.4, -0.2) is 46.0 Å². The van der Waals surface area contributed by atoms with Crippen LogP contribution < -0.4 is 0 Å². The molecule has 3 aromatic rings. The molecule has 2 atom stereocenters. The van der Waals surface area contributed by atoms with Gasteiger partial charge in [-0.15, -0.1) is 0 Å². The van der Waals surface area contributed by atoms with Gasteiger partial charge in [0.05, 0.1) is 19.0 Å². The molecule has 0 saturated carbocycles. The number of esters is 2. The van der Waals surface area contributed by atoms with Crippen LogP contribution >= 0.6 is 0 Å². The summed E-state index contributed by atoms with van der Waals surface area (Å²) >= 11 is 0. The first-order valence-corrected chi connectivity index (χ1v) is 11.9. The lowest BCUT2D eigenvalue weighted by atomic mass is 9.75. The van der Waals surface area contributed by atoms with Gasteiger partial charge in [-0.25, -0.2) is 9.78 Å². The number of hydrogen-bond donors (Lipinski definition) is 1. The second-order valence-corrected chi connectivity index (χ2v) is 8.80. The molecule has 2 heterocycles. The van der Waals surface area contributed by atoms with Crippen LogP contribution in [0.1, 0.15) is 36.5 Å². The summed E-state index contributed by atoms with van der Waals surface area (Å²) in [5.41, 5.74) is 3.99. The first kappa shape index (κ1) is 25.6. The number of hydrogen-bond acceptors (Lipinski definition) is 7. The molecule has 190 valence electrons. The van der Waals surface area contributed by atoms with Crippen LogP contribution in [0.25, 0.3) is 6.08 Å². The maximum Gasteiger partial charge on any atom is 0.336 e. The van der Waals surface area contributed by atoms with E-state index >= 15 is 0 Å². The van der Waals surface area contributed by atoms with Crippen LogP contribution in [0.4, 0.5) is 0 Å². The average Bonchev–Trinajstić information content (AvgIpc) is 3.39. The van der Waals surface area contributed by atoms with Gasteiger partial charge in [0, 0.05) is 36.3 Å². The predicted molar refractivity (Wildman–Crippen MR) is 140 cm³/mol. The van der Waals surface area contributed by atoms with Crippen LogP contribution in [0.2, 0.25) is 0 Å². The number of ether oxygens (including phenoxy) is 2. The number of aromatic nitrogens is 2. The maximum atomic E-state index is 13.2. The van der Waals surface area contributed by atoms with E-state index in [4.69, 9.17) is 9.47 Å². The summed E-state index contributed by atoms with van der Waals surface area (Å²) in [6.45, 7) is 4.23. The van der Waals surface area contributed by atoms with E-state index in [0.29, 0.717) is 17.0 Å². The van der Waals surface area contributed by atoms with E-state index in [9.17, 15) is 14.7 Å². The van der Waals surface area contributed by atoms with Crippen molar-refractivity contribution in [3.8, 4) is 5.75 Å². The minimum absolute atomic E-state index is 0.0330. The fourth-order valence-electron chi connectivity index (χ4n) is 4.52. The van der Waals surface area contributed by atoms with E-state index in [2.05, 4.69) is 9.98 Å². The fourth-order valence-corrected chi connectivity index (χ4v) is 4.52. The number of rotatable bonds is 8. The molecule has 0 bridgehead atoms. The van der Waals surface area contributed by atoms with Gasteiger partial charge < -0.3 is 19.1 Å². The van der Waals surface area contributed by atoms with E-state index in [1.54, 1.807) is 44.6 Å². The highest BCUT2D eigenvalue weighted by molar-refractivity contribution is 6.07. The van der Waals surface area contributed by atoms with Crippen LogP contribution in [0.3, 0.4) is 0 Å². The van der Waals surface area contributed by atoms with Gasteiger partial charge in [-0.3, -0.25) is 9.79 Å². The number of carbonyl (C=O) groups is 2. The van der Waals surface area contributed by atoms with E-state index in [-0.39, 0.29) is 17.9 Å². The van der Waals surface area contributed by atoms with Crippen molar-refractivity contribution in [3.05, 3.63) is 101 Å². The largest absolute Gasteiger partial charge is 0.508 e. The Labute approximate surface area is 215 Å². The quantitative estimate of drug-likeness (QED) is 0.458. The summed E-state index contributed by atoms with van der Waals surface area (Å²) in [6, 6.07) is 14.6. The molecule has 8 nitrogen and oxygen atoms in total. The third kappa shape index (κ3) is 6.03. The molecular weight excluding hydrogens is 470 g/mol. The smallest absolute Gasteiger partial charge is 0.336 e. The number of aromatic hydroxyl groups is 1. The molecule has 8 heteroatoms. The first-order valence-electron chi connectivity index (χ1n) is 11.9. The van der Waals surface area contributed by atoms with E-state index < -0.39 is 23.8 Å². The Balaban J connectivity index is 1.48. The molecule has 0 fully saturated rings. The molecule has 1 aliphatic heterocycles. The highest BCUT2D eigenvalue weighted by Crippen LogP contribution is 2.40. The predicted octanol–water partition coefficient (Wildman–Crippen LogP) is 4.51. The maximum absolute atomic E-state index is 13.2. The zero-order valence-corrected chi connectivity index (χ0v) is 21.0. The Morgan fingerprint density at radius 3 is 2.59 bits per heavy atom. The monoisotopic (exact) mass is 499 g/mol. The number of carbonyl (C=O) groups excluding carboxylic acids is 2. The van der Waals surface area contributed by atoms with Crippen molar-refractivity contribution in [1.82, 2.24) is 9.55 Å². The molecule has 1 N–H and O–H groups in total. The molecule has 0 spiro atoms. The van der Waals surface area contributed by atoms with Crippen molar-refractivity contribution in [2.75, 3.05) is 13.7 Å². The van der Waals surface area contributed by atoms with Crippen molar-refractivity contribution in [1.29, 1.82) is 0 Å². The highest BCUT2D eigenvalue weighted by atomic mass is 16.5. The van der Waals surface area contributed by atoms with Gasteiger partial charge in [0.2, 0.25) is 0 Å². The summed E-state index contributed by atoms with van der Waals surface area (Å²) in [7, 11) is 1.30. The Kier molecular flexibility index (Phi) is 7.98. The van der Waals surface area contributed by atoms with Crippen molar-refractivity contribution in [2.45, 2.75) is 26.3 Å². The van der Waals surface area contributed by atoms with Gasteiger partial charge in [0.15, 0.2) is 0 Å². The van der Waals surface area contributed by atoms with Crippen molar-refractivity contribution in [3.63, 3.8) is 0 Å². The summed E-state index contributed by atoms with van der Waals surface area (Å²) in [6.07, 6.45) is 9.07. The van der Waals surface area contributed by atoms with Crippen LogP contribution in [0, 0.1) is 5.92 Å². The minimum atomic E-state index is -0.811. The van der Waals surface area contributed by atoms with Crippen molar-refractivity contribution in [2.24, 2.45) is 10.9 Å².